The lowest BCUT2D eigenvalue weighted by molar-refractivity contribution is 0.414. The Labute approximate surface area is 96.0 Å². The third kappa shape index (κ3) is 3.08. The maximum absolute atomic E-state index is 11.8. The molecule has 1 atom stereocenters. The molecular weight excluding hydrogens is 226 g/mol. The monoisotopic (exact) mass is 241 g/mol. The predicted octanol–water partition coefficient (Wildman–Crippen LogP) is 1.55. The summed E-state index contributed by atoms with van der Waals surface area (Å²) in [5.74, 6) is 0.621. The fourth-order valence-electron chi connectivity index (χ4n) is 1.12. The van der Waals surface area contributed by atoms with E-state index in [-0.39, 0.29) is 10.9 Å². The van der Waals surface area contributed by atoms with Crippen molar-refractivity contribution in [1.29, 1.82) is 0 Å². The average Bonchev–Trinajstić information content (AvgIpc) is 2.28. The Balaban J connectivity index is 2.94. The third-order valence-electron chi connectivity index (χ3n) is 2.06. The predicted molar refractivity (Wildman–Crippen MR) is 63.0 cm³/mol. The first-order valence-electron chi connectivity index (χ1n) is 4.78. The minimum Gasteiger partial charge on any atom is -0.497 e. The number of sulfonamides is 1. The molecule has 1 unspecified atom stereocenters. The van der Waals surface area contributed by atoms with E-state index in [1.54, 1.807) is 19.1 Å². The van der Waals surface area contributed by atoms with Crippen LogP contribution in [-0.2, 0) is 10.0 Å². The fraction of sp³-hybridized carbons (Fsp3) is 0.273. The van der Waals surface area contributed by atoms with E-state index < -0.39 is 10.0 Å². The minimum absolute atomic E-state index is 0.210. The van der Waals surface area contributed by atoms with E-state index in [4.69, 9.17) is 4.74 Å². The smallest absolute Gasteiger partial charge is 0.241 e. The van der Waals surface area contributed by atoms with Gasteiger partial charge in [0, 0.05) is 6.04 Å². The van der Waals surface area contributed by atoms with Gasteiger partial charge >= 0.3 is 0 Å². The molecule has 16 heavy (non-hydrogen) atoms. The Morgan fingerprint density at radius 2 is 1.94 bits per heavy atom. The van der Waals surface area contributed by atoms with Gasteiger partial charge in [-0.3, -0.25) is 0 Å². The van der Waals surface area contributed by atoms with Crippen molar-refractivity contribution >= 4 is 10.0 Å². The van der Waals surface area contributed by atoms with Gasteiger partial charge in [0.05, 0.1) is 12.0 Å². The Morgan fingerprint density at radius 1 is 1.38 bits per heavy atom. The van der Waals surface area contributed by atoms with Crippen LogP contribution in [0.4, 0.5) is 0 Å². The summed E-state index contributed by atoms with van der Waals surface area (Å²) >= 11 is 0. The van der Waals surface area contributed by atoms with Crippen LogP contribution in [0.2, 0.25) is 0 Å². The molecule has 0 aromatic heterocycles. The summed E-state index contributed by atoms with van der Waals surface area (Å²) < 4.78 is 31.0. The van der Waals surface area contributed by atoms with E-state index in [1.807, 2.05) is 0 Å². The van der Waals surface area contributed by atoms with Gasteiger partial charge in [-0.25, -0.2) is 13.1 Å². The highest BCUT2D eigenvalue weighted by Crippen LogP contribution is 2.15. The maximum atomic E-state index is 11.8. The molecular formula is C11H15NO3S. The average molecular weight is 241 g/mol. The van der Waals surface area contributed by atoms with Gasteiger partial charge in [0.2, 0.25) is 10.0 Å². The molecule has 0 radical (unpaired) electrons. The molecule has 1 N–H and O–H groups in total. The molecule has 0 aliphatic heterocycles. The Hall–Kier alpha value is -1.33. The topological polar surface area (TPSA) is 55.4 Å². The molecule has 0 aliphatic carbocycles. The molecule has 0 fully saturated rings. The number of nitrogens with one attached hydrogen (secondary N) is 1. The molecule has 0 spiro atoms. The Bertz CT molecular complexity index is 451. The molecule has 0 heterocycles. The highest BCUT2D eigenvalue weighted by Gasteiger charge is 2.15. The van der Waals surface area contributed by atoms with Gasteiger partial charge < -0.3 is 4.74 Å². The van der Waals surface area contributed by atoms with Gasteiger partial charge in [-0.2, -0.15) is 0 Å². The summed E-state index contributed by atoms with van der Waals surface area (Å²) in [5.41, 5.74) is 0. The zero-order valence-electron chi connectivity index (χ0n) is 9.30. The van der Waals surface area contributed by atoms with Crippen molar-refractivity contribution in [2.45, 2.75) is 17.9 Å². The first kappa shape index (κ1) is 12.7. The number of hydrogen-bond acceptors (Lipinski definition) is 3. The van der Waals surface area contributed by atoms with Gasteiger partial charge in [-0.05, 0) is 31.2 Å². The molecule has 0 aliphatic rings. The molecule has 1 aromatic rings. The lowest BCUT2D eigenvalue weighted by Gasteiger charge is -2.10. The molecule has 5 heteroatoms. The third-order valence-corrected chi connectivity index (χ3v) is 3.64. The van der Waals surface area contributed by atoms with Crippen LogP contribution in [0.5, 0.6) is 5.75 Å². The highest BCUT2D eigenvalue weighted by molar-refractivity contribution is 7.89. The second-order valence-corrected chi connectivity index (χ2v) is 5.04. The zero-order chi connectivity index (χ0) is 12.2. The standard InChI is InChI=1S/C11H15NO3S/c1-4-9(2)12-16(13,14)11-7-5-10(15-3)6-8-11/h4-9,12H,1H2,2-3H3. The Morgan fingerprint density at radius 3 is 2.38 bits per heavy atom. The maximum Gasteiger partial charge on any atom is 0.241 e. The summed E-state index contributed by atoms with van der Waals surface area (Å²) in [4.78, 5) is 0.210. The second-order valence-electron chi connectivity index (χ2n) is 3.32. The molecule has 0 amide bonds. The Kier molecular flexibility index (Phi) is 4.09. The molecule has 0 saturated heterocycles. The van der Waals surface area contributed by atoms with Crippen LogP contribution in [0.25, 0.3) is 0 Å². The van der Waals surface area contributed by atoms with Crippen LogP contribution in [0, 0.1) is 0 Å². The zero-order valence-corrected chi connectivity index (χ0v) is 10.1. The number of hydrogen-bond donors (Lipinski definition) is 1. The summed E-state index contributed by atoms with van der Waals surface area (Å²) in [6.45, 7) is 5.24. The number of methoxy groups -OCH3 is 1. The first-order chi connectivity index (χ1) is 7.49. The van der Waals surface area contributed by atoms with E-state index in [2.05, 4.69) is 11.3 Å². The first-order valence-corrected chi connectivity index (χ1v) is 6.27. The summed E-state index contributed by atoms with van der Waals surface area (Å²) in [7, 11) is -1.94. The fourth-order valence-corrected chi connectivity index (χ4v) is 2.33. The van der Waals surface area contributed by atoms with Crippen molar-refractivity contribution in [3.8, 4) is 5.75 Å². The van der Waals surface area contributed by atoms with Crippen LogP contribution in [0.3, 0.4) is 0 Å². The SMILES string of the molecule is C=CC(C)NS(=O)(=O)c1ccc(OC)cc1. The molecule has 4 nitrogen and oxygen atoms in total. The number of ether oxygens (including phenoxy) is 1. The van der Waals surface area contributed by atoms with E-state index in [0.29, 0.717) is 5.75 Å². The van der Waals surface area contributed by atoms with Crippen LogP contribution < -0.4 is 9.46 Å². The van der Waals surface area contributed by atoms with E-state index >= 15 is 0 Å². The second kappa shape index (κ2) is 5.14. The van der Waals surface area contributed by atoms with E-state index in [1.165, 1.54) is 25.3 Å². The van der Waals surface area contributed by atoms with Gasteiger partial charge in [0.15, 0.2) is 0 Å². The van der Waals surface area contributed by atoms with Crippen LogP contribution in [0.15, 0.2) is 41.8 Å². The van der Waals surface area contributed by atoms with Crippen molar-refractivity contribution in [2.24, 2.45) is 0 Å². The van der Waals surface area contributed by atoms with E-state index in [9.17, 15) is 8.42 Å². The molecule has 0 bridgehead atoms. The molecule has 1 rings (SSSR count). The van der Waals surface area contributed by atoms with E-state index in [0.717, 1.165) is 0 Å². The number of benzene rings is 1. The lowest BCUT2D eigenvalue weighted by Crippen LogP contribution is -2.30. The lowest BCUT2D eigenvalue weighted by atomic mass is 10.3. The van der Waals surface area contributed by atoms with Gasteiger partial charge in [0.25, 0.3) is 0 Å². The minimum atomic E-state index is -3.47. The summed E-state index contributed by atoms with van der Waals surface area (Å²) in [6.07, 6.45) is 1.53. The van der Waals surface area contributed by atoms with Gasteiger partial charge in [-0.1, -0.05) is 6.08 Å². The van der Waals surface area contributed by atoms with Gasteiger partial charge in [0.1, 0.15) is 5.75 Å². The van der Waals surface area contributed by atoms with Crippen LogP contribution in [-0.4, -0.2) is 21.6 Å². The molecule has 88 valence electrons. The van der Waals surface area contributed by atoms with Crippen molar-refractivity contribution < 1.29 is 13.2 Å². The van der Waals surface area contributed by atoms with Crippen molar-refractivity contribution in [1.82, 2.24) is 4.72 Å². The quantitative estimate of drug-likeness (QED) is 0.796. The van der Waals surface area contributed by atoms with Crippen LogP contribution in [0.1, 0.15) is 6.92 Å². The van der Waals surface area contributed by atoms with Crippen molar-refractivity contribution in [3.63, 3.8) is 0 Å². The summed E-state index contributed by atoms with van der Waals surface area (Å²) in [6, 6.07) is 5.90. The number of rotatable bonds is 5. The van der Waals surface area contributed by atoms with Gasteiger partial charge in [-0.15, -0.1) is 6.58 Å². The van der Waals surface area contributed by atoms with Crippen LogP contribution >= 0.6 is 0 Å². The summed E-state index contributed by atoms with van der Waals surface area (Å²) in [5, 5.41) is 0. The highest BCUT2D eigenvalue weighted by atomic mass is 32.2. The molecule has 1 aromatic carbocycles. The largest absolute Gasteiger partial charge is 0.497 e. The van der Waals surface area contributed by atoms with Crippen molar-refractivity contribution in [2.75, 3.05) is 7.11 Å². The van der Waals surface area contributed by atoms with Crippen molar-refractivity contribution in [3.05, 3.63) is 36.9 Å². The molecule has 0 saturated carbocycles. The normalized spacial score (nSPS) is 13.1.